The SMILES string of the molecule is CC(C)(C)NCCNc1cnn(-c2ccc(C(F)(F)F)cn2)c(=O)c1Cl. The van der Waals surface area contributed by atoms with Gasteiger partial charge in [0.25, 0.3) is 5.56 Å². The van der Waals surface area contributed by atoms with Gasteiger partial charge in [-0.15, -0.1) is 0 Å². The summed E-state index contributed by atoms with van der Waals surface area (Å²) < 4.78 is 38.6. The fraction of sp³-hybridized carbons (Fsp3) is 0.438. The van der Waals surface area contributed by atoms with Crippen molar-refractivity contribution in [2.45, 2.75) is 32.5 Å². The zero-order chi connectivity index (χ0) is 19.5. The van der Waals surface area contributed by atoms with Crippen LogP contribution in [-0.2, 0) is 6.18 Å². The van der Waals surface area contributed by atoms with Gasteiger partial charge in [0.15, 0.2) is 5.82 Å². The van der Waals surface area contributed by atoms with Crippen molar-refractivity contribution in [2.75, 3.05) is 18.4 Å². The Balaban J connectivity index is 2.15. The minimum absolute atomic E-state index is 0.0403. The molecule has 26 heavy (non-hydrogen) atoms. The van der Waals surface area contributed by atoms with Crippen molar-refractivity contribution in [3.05, 3.63) is 45.5 Å². The molecule has 0 bridgehead atoms. The summed E-state index contributed by atoms with van der Waals surface area (Å²) in [6.45, 7) is 7.24. The van der Waals surface area contributed by atoms with Gasteiger partial charge in [-0.25, -0.2) is 4.98 Å². The molecule has 0 aliphatic rings. The lowest BCUT2D eigenvalue weighted by molar-refractivity contribution is -0.137. The van der Waals surface area contributed by atoms with Crippen molar-refractivity contribution < 1.29 is 13.2 Å². The van der Waals surface area contributed by atoms with Gasteiger partial charge in [0.05, 0.1) is 17.4 Å². The number of hydrogen-bond donors (Lipinski definition) is 2. The standard InChI is InChI=1S/C16H19ClF3N5O/c1-15(2,3)23-7-6-21-11-9-24-25(14(26)13(11)17)12-5-4-10(8-22-12)16(18,19)20/h4-5,8-9,21,23H,6-7H2,1-3H3. The number of anilines is 1. The van der Waals surface area contributed by atoms with Crippen LogP contribution in [0.4, 0.5) is 18.9 Å². The molecule has 2 heterocycles. The third-order valence-electron chi connectivity index (χ3n) is 3.31. The van der Waals surface area contributed by atoms with Gasteiger partial charge in [0, 0.05) is 24.8 Å². The quantitative estimate of drug-likeness (QED) is 0.769. The molecule has 0 atom stereocenters. The van der Waals surface area contributed by atoms with Crippen LogP contribution >= 0.6 is 11.6 Å². The molecule has 0 spiro atoms. The Hall–Kier alpha value is -2.13. The van der Waals surface area contributed by atoms with Crippen LogP contribution in [0.15, 0.2) is 29.3 Å². The van der Waals surface area contributed by atoms with E-state index >= 15 is 0 Å². The van der Waals surface area contributed by atoms with E-state index in [0.717, 1.165) is 16.8 Å². The van der Waals surface area contributed by atoms with E-state index in [4.69, 9.17) is 11.6 Å². The molecule has 0 saturated carbocycles. The summed E-state index contributed by atoms with van der Waals surface area (Å²) in [6.07, 6.45) is -2.53. The molecule has 0 fully saturated rings. The smallest absolute Gasteiger partial charge is 0.381 e. The average molecular weight is 390 g/mol. The Labute approximate surface area is 153 Å². The summed E-state index contributed by atoms with van der Waals surface area (Å²) in [5.41, 5.74) is -1.28. The molecular weight excluding hydrogens is 371 g/mol. The largest absolute Gasteiger partial charge is 0.417 e. The summed E-state index contributed by atoms with van der Waals surface area (Å²) in [6, 6.07) is 1.89. The van der Waals surface area contributed by atoms with Crippen molar-refractivity contribution in [2.24, 2.45) is 0 Å². The van der Waals surface area contributed by atoms with E-state index < -0.39 is 17.3 Å². The first kappa shape index (κ1) is 20.2. The molecule has 0 unspecified atom stereocenters. The van der Waals surface area contributed by atoms with E-state index in [2.05, 4.69) is 20.7 Å². The van der Waals surface area contributed by atoms with Crippen LogP contribution in [0.25, 0.3) is 5.82 Å². The topological polar surface area (TPSA) is 71.8 Å². The lowest BCUT2D eigenvalue weighted by Gasteiger charge is -2.20. The monoisotopic (exact) mass is 389 g/mol. The summed E-state index contributed by atoms with van der Waals surface area (Å²) >= 11 is 6.06. The fourth-order valence-electron chi connectivity index (χ4n) is 2.03. The molecule has 2 rings (SSSR count). The summed E-state index contributed by atoms with van der Waals surface area (Å²) in [7, 11) is 0. The summed E-state index contributed by atoms with van der Waals surface area (Å²) in [5.74, 6) is -0.0501. The van der Waals surface area contributed by atoms with E-state index in [9.17, 15) is 18.0 Å². The molecule has 0 aromatic carbocycles. The van der Waals surface area contributed by atoms with Crippen LogP contribution in [0.5, 0.6) is 0 Å². The first-order valence-electron chi connectivity index (χ1n) is 7.79. The number of nitrogens with one attached hydrogen (secondary N) is 2. The minimum Gasteiger partial charge on any atom is -0.381 e. The third-order valence-corrected chi connectivity index (χ3v) is 3.67. The number of pyridine rings is 1. The van der Waals surface area contributed by atoms with Gasteiger partial charge in [-0.1, -0.05) is 11.6 Å². The van der Waals surface area contributed by atoms with Crippen molar-refractivity contribution in [1.82, 2.24) is 20.1 Å². The number of hydrogen-bond acceptors (Lipinski definition) is 5. The van der Waals surface area contributed by atoms with Gasteiger partial charge in [-0.05, 0) is 32.9 Å². The normalized spacial score (nSPS) is 12.3. The van der Waals surface area contributed by atoms with E-state index in [1.165, 1.54) is 6.20 Å². The second kappa shape index (κ2) is 7.63. The first-order chi connectivity index (χ1) is 12.0. The zero-order valence-electron chi connectivity index (χ0n) is 14.5. The molecule has 0 amide bonds. The Morgan fingerprint density at radius 1 is 1.15 bits per heavy atom. The molecule has 0 saturated heterocycles. The highest BCUT2D eigenvalue weighted by atomic mass is 35.5. The lowest BCUT2D eigenvalue weighted by Crippen LogP contribution is -2.38. The van der Waals surface area contributed by atoms with Crippen LogP contribution in [0, 0.1) is 0 Å². The average Bonchev–Trinajstić information content (AvgIpc) is 2.54. The lowest BCUT2D eigenvalue weighted by atomic mass is 10.1. The maximum atomic E-state index is 12.6. The van der Waals surface area contributed by atoms with Gasteiger partial charge < -0.3 is 10.6 Å². The predicted octanol–water partition coefficient (Wildman–Crippen LogP) is 3.10. The molecule has 0 radical (unpaired) electrons. The minimum atomic E-state index is -4.50. The number of rotatable bonds is 5. The molecule has 10 heteroatoms. The summed E-state index contributed by atoms with van der Waals surface area (Å²) in [4.78, 5) is 16.0. The first-order valence-corrected chi connectivity index (χ1v) is 8.17. The van der Waals surface area contributed by atoms with Gasteiger partial charge >= 0.3 is 6.18 Å². The van der Waals surface area contributed by atoms with Crippen LogP contribution in [0.2, 0.25) is 5.02 Å². The predicted molar refractivity (Wildman–Crippen MR) is 93.9 cm³/mol. The maximum absolute atomic E-state index is 12.6. The van der Waals surface area contributed by atoms with E-state index in [1.807, 2.05) is 20.8 Å². The van der Waals surface area contributed by atoms with E-state index in [-0.39, 0.29) is 16.4 Å². The number of alkyl halides is 3. The Bertz CT molecular complexity index is 813. The van der Waals surface area contributed by atoms with Gasteiger partial charge in [0.2, 0.25) is 0 Å². The Kier molecular flexibility index (Phi) is 5.92. The second-order valence-corrected chi connectivity index (χ2v) is 6.97. The van der Waals surface area contributed by atoms with Crippen molar-refractivity contribution in [3.8, 4) is 5.82 Å². The molecule has 6 nitrogen and oxygen atoms in total. The van der Waals surface area contributed by atoms with Crippen LogP contribution < -0.4 is 16.2 Å². The summed E-state index contributed by atoms with van der Waals surface area (Å²) in [5, 5.41) is 10.1. The van der Waals surface area contributed by atoms with Gasteiger partial charge in [-0.3, -0.25) is 4.79 Å². The second-order valence-electron chi connectivity index (χ2n) is 6.60. The highest BCUT2D eigenvalue weighted by Gasteiger charge is 2.30. The fourth-order valence-corrected chi connectivity index (χ4v) is 2.23. The molecule has 2 aromatic rings. The molecule has 142 valence electrons. The Morgan fingerprint density at radius 2 is 1.85 bits per heavy atom. The molecule has 0 aliphatic carbocycles. The molecule has 0 aliphatic heterocycles. The number of aromatic nitrogens is 3. The van der Waals surface area contributed by atoms with Crippen LogP contribution in [0.1, 0.15) is 26.3 Å². The highest BCUT2D eigenvalue weighted by Crippen LogP contribution is 2.28. The van der Waals surface area contributed by atoms with Crippen LogP contribution in [0.3, 0.4) is 0 Å². The van der Waals surface area contributed by atoms with E-state index in [0.29, 0.717) is 25.0 Å². The molecule has 2 aromatic heterocycles. The highest BCUT2D eigenvalue weighted by molar-refractivity contribution is 6.32. The van der Waals surface area contributed by atoms with Crippen molar-refractivity contribution in [3.63, 3.8) is 0 Å². The maximum Gasteiger partial charge on any atom is 0.417 e. The number of halogens is 4. The molecular formula is C16H19ClF3N5O. The molecule has 2 N–H and O–H groups in total. The zero-order valence-corrected chi connectivity index (χ0v) is 15.2. The van der Waals surface area contributed by atoms with Gasteiger partial charge in [-0.2, -0.15) is 23.0 Å². The van der Waals surface area contributed by atoms with E-state index in [1.54, 1.807) is 0 Å². The van der Waals surface area contributed by atoms with Crippen molar-refractivity contribution >= 4 is 17.3 Å². The number of nitrogens with zero attached hydrogens (tertiary/aromatic N) is 3. The van der Waals surface area contributed by atoms with Crippen LogP contribution in [-0.4, -0.2) is 33.4 Å². The third kappa shape index (κ3) is 5.18. The Morgan fingerprint density at radius 3 is 2.38 bits per heavy atom. The van der Waals surface area contributed by atoms with Crippen molar-refractivity contribution in [1.29, 1.82) is 0 Å². The van der Waals surface area contributed by atoms with Gasteiger partial charge in [0.1, 0.15) is 5.02 Å².